The summed E-state index contributed by atoms with van der Waals surface area (Å²) in [5, 5.41) is 0. The van der Waals surface area contributed by atoms with Gasteiger partial charge in [-0.25, -0.2) is 9.18 Å². The van der Waals surface area contributed by atoms with Gasteiger partial charge in [0.1, 0.15) is 6.61 Å². The molecule has 1 aliphatic carbocycles. The van der Waals surface area contributed by atoms with E-state index < -0.39 is 54.4 Å². The summed E-state index contributed by atoms with van der Waals surface area (Å²) >= 11 is 0. The van der Waals surface area contributed by atoms with Gasteiger partial charge in [-0.1, -0.05) is 0 Å². The minimum Gasteiger partial charge on any atom is -0.462 e. The van der Waals surface area contributed by atoms with Crippen molar-refractivity contribution in [2.75, 3.05) is 39.5 Å². The van der Waals surface area contributed by atoms with E-state index in [4.69, 9.17) is 4.74 Å². The van der Waals surface area contributed by atoms with Crippen molar-refractivity contribution >= 4 is 5.97 Å². The van der Waals surface area contributed by atoms with Crippen LogP contribution in [-0.2, 0) is 14.3 Å². The molecule has 0 bridgehead atoms. The molecule has 0 N–H and O–H groups in total. The van der Waals surface area contributed by atoms with E-state index in [-0.39, 0.29) is 26.3 Å². The van der Waals surface area contributed by atoms with E-state index in [1.54, 1.807) is 0 Å². The summed E-state index contributed by atoms with van der Waals surface area (Å²) in [4.78, 5) is 12.9. The molecule has 0 radical (unpaired) electrons. The molecule has 1 aliphatic heterocycles. The Balaban J connectivity index is 2.34. The van der Waals surface area contributed by atoms with Crippen molar-refractivity contribution in [3.63, 3.8) is 0 Å². The highest BCUT2D eigenvalue weighted by Crippen LogP contribution is 2.69. The first-order chi connectivity index (χ1) is 12.5. The highest BCUT2D eigenvalue weighted by atomic mass is 19.4. The Kier molecular flexibility index (Phi) is 5.37. The van der Waals surface area contributed by atoms with Crippen molar-refractivity contribution in [3.05, 3.63) is 0 Å². The molecule has 0 aromatic rings. The zero-order valence-electron chi connectivity index (χ0n) is 13.6. The minimum absolute atomic E-state index is 0.171. The lowest BCUT2D eigenvalue weighted by Gasteiger charge is -2.51. The predicted molar refractivity (Wildman–Crippen MR) is 66.8 cm³/mol. The summed E-state index contributed by atoms with van der Waals surface area (Å²) in [6.07, 6.45) is 0. The van der Waals surface area contributed by atoms with E-state index in [0.717, 1.165) is 0 Å². The SMILES string of the molecule is O=C(OCCN1CCOCC1)C1(F)C(F)(F)C(F)(F)C(F)(F)C(F)(F)C1(F)F. The number of carbonyl (C=O) groups excluding carboxylic acids is 1. The highest BCUT2D eigenvalue weighted by molar-refractivity contribution is 5.84. The molecule has 28 heavy (non-hydrogen) atoms. The number of hydrogen-bond acceptors (Lipinski definition) is 4. The van der Waals surface area contributed by atoms with Gasteiger partial charge >= 0.3 is 41.3 Å². The number of halogens is 11. The maximum Gasteiger partial charge on any atom is 0.384 e. The molecular formula is C13H12F11NO3. The van der Waals surface area contributed by atoms with Crippen LogP contribution in [0.3, 0.4) is 0 Å². The molecular weight excluding hydrogens is 427 g/mol. The van der Waals surface area contributed by atoms with Crippen LogP contribution in [0.1, 0.15) is 0 Å². The van der Waals surface area contributed by atoms with Gasteiger partial charge in [0, 0.05) is 19.6 Å². The van der Waals surface area contributed by atoms with E-state index in [1.165, 1.54) is 4.90 Å². The fourth-order valence-corrected chi connectivity index (χ4v) is 2.67. The molecule has 2 aliphatic rings. The molecule has 0 aromatic heterocycles. The van der Waals surface area contributed by atoms with Gasteiger partial charge in [-0.05, 0) is 0 Å². The number of rotatable bonds is 4. The van der Waals surface area contributed by atoms with Crippen LogP contribution in [-0.4, -0.2) is 85.6 Å². The van der Waals surface area contributed by atoms with E-state index in [1.807, 2.05) is 0 Å². The van der Waals surface area contributed by atoms with E-state index in [0.29, 0.717) is 0 Å². The van der Waals surface area contributed by atoms with E-state index in [9.17, 15) is 53.1 Å². The second-order valence-electron chi connectivity index (χ2n) is 6.12. The topological polar surface area (TPSA) is 38.8 Å². The van der Waals surface area contributed by atoms with Crippen LogP contribution in [0.2, 0.25) is 0 Å². The molecule has 15 heteroatoms. The predicted octanol–water partition coefficient (Wildman–Crippen LogP) is 2.76. The molecule has 2 fully saturated rings. The third-order valence-electron chi connectivity index (χ3n) is 4.47. The lowest BCUT2D eigenvalue weighted by Crippen LogP contribution is -2.85. The molecule has 1 heterocycles. The molecule has 1 saturated heterocycles. The highest BCUT2D eigenvalue weighted by Gasteiger charge is 3.03. The summed E-state index contributed by atoms with van der Waals surface area (Å²) in [5.74, 6) is -40.0. The number of carbonyl (C=O) groups is 1. The smallest absolute Gasteiger partial charge is 0.384 e. The number of esters is 1. The normalized spacial score (nSPS) is 29.8. The summed E-state index contributed by atoms with van der Waals surface area (Å²) in [6.45, 7) is -0.815. The molecule has 0 atom stereocenters. The van der Waals surface area contributed by atoms with Crippen molar-refractivity contribution in [1.29, 1.82) is 0 Å². The number of hydrogen-bond donors (Lipinski definition) is 0. The van der Waals surface area contributed by atoms with Crippen molar-refractivity contribution in [2.24, 2.45) is 0 Å². The fraction of sp³-hybridized carbons (Fsp3) is 0.923. The number of alkyl halides is 11. The van der Waals surface area contributed by atoms with Crippen LogP contribution in [0.15, 0.2) is 0 Å². The average Bonchev–Trinajstić information content (AvgIpc) is 2.59. The van der Waals surface area contributed by atoms with Crippen LogP contribution in [0.25, 0.3) is 0 Å². The number of nitrogens with zero attached hydrogens (tertiary/aromatic N) is 1. The molecule has 0 spiro atoms. The Bertz CT molecular complexity index is 589. The van der Waals surface area contributed by atoms with Crippen LogP contribution in [0.5, 0.6) is 0 Å². The molecule has 164 valence electrons. The van der Waals surface area contributed by atoms with Gasteiger partial charge in [-0.15, -0.1) is 0 Å². The minimum atomic E-state index is -7.36. The molecule has 4 nitrogen and oxygen atoms in total. The number of morpholine rings is 1. The van der Waals surface area contributed by atoms with Crippen LogP contribution in [0, 0.1) is 0 Å². The van der Waals surface area contributed by atoms with Crippen LogP contribution in [0.4, 0.5) is 48.3 Å². The summed E-state index contributed by atoms with van der Waals surface area (Å²) in [7, 11) is 0. The van der Waals surface area contributed by atoms with Gasteiger partial charge in [0.2, 0.25) is 0 Å². The van der Waals surface area contributed by atoms with Crippen LogP contribution >= 0.6 is 0 Å². The quantitative estimate of drug-likeness (QED) is 0.499. The Labute approximate surface area is 149 Å². The molecule has 1 saturated carbocycles. The summed E-state index contributed by atoms with van der Waals surface area (Å²) in [5.41, 5.74) is -6.75. The van der Waals surface area contributed by atoms with Gasteiger partial charge in [0.05, 0.1) is 13.2 Å². The Morgan fingerprint density at radius 3 is 1.57 bits per heavy atom. The van der Waals surface area contributed by atoms with E-state index >= 15 is 0 Å². The first kappa shape index (κ1) is 22.9. The van der Waals surface area contributed by atoms with Crippen molar-refractivity contribution in [3.8, 4) is 0 Å². The average molecular weight is 439 g/mol. The third-order valence-corrected chi connectivity index (χ3v) is 4.47. The van der Waals surface area contributed by atoms with E-state index in [2.05, 4.69) is 4.74 Å². The second kappa shape index (κ2) is 6.57. The zero-order chi connectivity index (χ0) is 21.8. The van der Waals surface area contributed by atoms with Gasteiger partial charge in [-0.3, -0.25) is 4.90 Å². The number of ether oxygens (including phenoxy) is 2. The van der Waals surface area contributed by atoms with Gasteiger partial charge < -0.3 is 9.47 Å². The molecule has 0 aromatic carbocycles. The molecule has 0 unspecified atom stereocenters. The zero-order valence-corrected chi connectivity index (χ0v) is 13.6. The Hall–Kier alpha value is -1.38. The summed E-state index contributed by atoms with van der Waals surface area (Å²) < 4.78 is 157. The van der Waals surface area contributed by atoms with Crippen LogP contribution < -0.4 is 0 Å². The molecule has 2 rings (SSSR count). The lowest BCUT2D eigenvalue weighted by atomic mass is 9.72. The van der Waals surface area contributed by atoms with Crippen molar-refractivity contribution in [2.45, 2.75) is 35.3 Å². The van der Waals surface area contributed by atoms with Crippen molar-refractivity contribution in [1.82, 2.24) is 4.90 Å². The van der Waals surface area contributed by atoms with Gasteiger partial charge in [-0.2, -0.15) is 43.9 Å². The fourth-order valence-electron chi connectivity index (χ4n) is 2.67. The third kappa shape index (κ3) is 2.60. The standard InChI is InChI=1S/C13H12F11NO3/c14-8(7(26)28-6-3-25-1-4-27-5-2-25)9(15,16)11(19,20)13(23,24)12(21,22)10(8,17)18/h1-6H2. The van der Waals surface area contributed by atoms with Gasteiger partial charge in [0.25, 0.3) is 0 Å². The molecule has 0 amide bonds. The second-order valence-corrected chi connectivity index (χ2v) is 6.12. The lowest BCUT2D eigenvalue weighted by molar-refractivity contribution is -0.478. The maximum atomic E-state index is 14.3. The first-order valence-corrected chi connectivity index (χ1v) is 7.55. The Morgan fingerprint density at radius 2 is 1.14 bits per heavy atom. The first-order valence-electron chi connectivity index (χ1n) is 7.55. The Morgan fingerprint density at radius 1 is 0.750 bits per heavy atom. The van der Waals surface area contributed by atoms with Crippen molar-refractivity contribution < 1.29 is 62.6 Å². The monoisotopic (exact) mass is 439 g/mol. The maximum absolute atomic E-state index is 14.3. The summed E-state index contributed by atoms with van der Waals surface area (Å²) in [6, 6.07) is 0. The van der Waals surface area contributed by atoms with Gasteiger partial charge in [0.15, 0.2) is 0 Å². The largest absolute Gasteiger partial charge is 0.462 e.